The van der Waals surface area contributed by atoms with Crippen molar-refractivity contribution in [3.63, 3.8) is 0 Å². The Morgan fingerprint density at radius 3 is 2.91 bits per heavy atom. The van der Waals surface area contributed by atoms with Gasteiger partial charge in [-0.2, -0.15) is 0 Å². The highest BCUT2D eigenvalue weighted by Crippen LogP contribution is 2.36. The molecule has 1 aliphatic rings. The zero-order valence-electron chi connectivity index (χ0n) is 12.9. The number of benzene rings is 1. The van der Waals surface area contributed by atoms with Crippen LogP contribution in [0.3, 0.4) is 0 Å². The second-order valence-electron chi connectivity index (χ2n) is 5.39. The molecule has 0 aromatic heterocycles. The maximum atomic E-state index is 12.4. The van der Waals surface area contributed by atoms with Crippen LogP contribution in [0.25, 0.3) is 0 Å². The number of hydrogen-bond donors (Lipinski definition) is 1. The van der Waals surface area contributed by atoms with Crippen LogP contribution in [0, 0.1) is 0 Å². The molecule has 0 radical (unpaired) electrons. The van der Waals surface area contributed by atoms with Gasteiger partial charge in [0, 0.05) is 24.4 Å². The Bertz CT molecular complexity index is 562. The van der Waals surface area contributed by atoms with Crippen molar-refractivity contribution in [2.24, 2.45) is 0 Å². The van der Waals surface area contributed by atoms with Gasteiger partial charge < -0.3 is 15.0 Å². The van der Waals surface area contributed by atoms with Crippen LogP contribution in [0.2, 0.25) is 5.02 Å². The molecule has 0 aliphatic carbocycles. The van der Waals surface area contributed by atoms with E-state index in [1.54, 1.807) is 23.1 Å². The molecule has 1 N–H and O–H groups in total. The fourth-order valence-electron chi connectivity index (χ4n) is 2.35. The minimum atomic E-state index is -0.0946. The largest absolute Gasteiger partial charge is 0.487 e. The first-order valence-electron chi connectivity index (χ1n) is 7.54. The highest BCUT2D eigenvalue weighted by molar-refractivity contribution is 6.31. The van der Waals surface area contributed by atoms with E-state index in [2.05, 4.69) is 5.32 Å². The highest BCUT2D eigenvalue weighted by atomic mass is 35.5. The zero-order valence-corrected chi connectivity index (χ0v) is 13.7. The molecule has 2 rings (SSSR count). The number of hydrogen-bond acceptors (Lipinski definition) is 3. The van der Waals surface area contributed by atoms with E-state index in [0.29, 0.717) is 29.5 Å². The highest BCUT2D eigenvalue weighted by Gasteiger charge is 2.27. The molecule has 0 saturated carbocycles. The third-order valence-corrected chi connectivity index (χ3v) is 3.65. The summed E-state index contributed by atoms with van der Waals surface area (Å²) < 4.78 is 5.71. The molecule has 22 heavy (non-hydrogen) atoms. The van der Waals surface area contributed by atoms with Crippen molar-refractivity contribution >= 4 is 29.1 Å². The van der Waals surface area contributed by atoms with E-state index >= 15 is 0 Å². The molecule has 2 amide bonds. The van der Waals surface area contributed by atoms with Crippen LogP contribution in [0.5, 0.6) is 5.75 Å². The quantitative estimate of drug-likeness (QED) is 0.906. The first kappa shape index (κ1) is 16.6. The number of nitrogens with zero attached hydrogens (tertiary/aromatic N) is 1. The average molecular weight is 325 g/mol. The van der Waals surface area contributed by atoms with Gasteiger partial charge in [0.1, 0.15) is 11.9 Å². The number of fused-ring (bicyclic) bond motifs is 1. The topological polar surface area (TPSA) is 58.6 Å². The molecule has 0 bridgehead atoms. The SMILES string of the molecule is CCCNC(=O)CCC(=O)N1C[C@H](C)Oc2ccc(Cl)cc21. The second kappa shape index (κ2) is 7.49. The van der Waals surface area contributed by atoms with Crippen molar-refractivity contribution in [3.8, 4) is 5.75 Å². The Balaban J connectivity index is 2.04. The molecule has 1 heterocycles. The summed E-state index contributed by atoms with van der Waals surface area (Å²) in [7, 11) is 0. The smallest absolute Gasteiger partial charge is 0.227 e. The van der Waals surface area contributed by atoms with Crippen molar-refractivity contribution in [1.29, 1.82) is 0 Å². The molecule has 1 aromatic rings. The minimum absolute atomic E-state index is 0.0912. The van der Waals surface area contributed by atoms with Gasteiger partial charge in [0.2, 0.25) is 11.8 Å². The molecule has 1 aromatic carbocycles. The average Bonchev–Trinajstić information content (AvgIpc) is 2.50. The Kier molecular flexibility index (Phi) is 5.66. The number of ether oxygens (including phenoxy) is 1. The summed E-state index contributed by atoms with van der Waals surface area (Å²) in [6.07, 6.45) is 1.16. The number of amides is 2. The van der Waals surface area contributed by atoms with Gasteiger partial charge in [-0.1, -0.05) is 18.5 Å². The van der Waals surface area contributed by atoms with Crippen molar-refractivity contribution < 1.29 is 14.3 Å². The van der Waals surface area contributed by atoms with Crippen LogP contribution in [0.15, 0.2) is 18.2 Å². The molecule has 6 heteroatoms. The van der Waals surface area contributed by atoms with Gasteiger partial charge in [0.15, 0.2) is 0 Å². The maximum Gasteiger partial charge on any atom is 0.227 e. The summed E-state index contributed by atoms with van der Waals surface area (Å²) in [6.45, 7) is 5.00. The molecule has 0 saturated heterocycles. The lowest BCUT2D eigenvalue weighted by Gasteiger charge is -2.33. The number of anilines is 1. The Hall–Kier alpha value is -1.75. The second-order valence-corrected chi connectivity index (χ2v) is 5.83. The number of halogens is 1. The summed E-state index contributed by atoms with van der Waals surface area (Å²) in [5.74, 6) is 0.458. The van der Waals surface area contributed by atoms with Gasteiger partial charge in [-0.15, -0.1) is 0 Å². The van der Waals surface area contributed by atoms with Crippen molar-refractivity contribution in [3.05, 3.63) is 23.2 Å². The molecule has 5 nitrogen and oxygen atoms in total. The molecule has 1 aliphatic heterocycles. The first-order chi connectivity index (χ1) is 10.5. The third-order valence-electron chi connectivity index (χ3n) is 3.42. The summed E-state index contributed by atoms with van der Waals surface area (Å²) in [6, 6.07) is 5.22. The van der Waals surface area contributed by atoms with E-state index in [1.807, 2.05) is 13.8 Å². The lowest BCUT2D eigenvalue weighted by molar-refractivity contribution is -0.125. The van der Waals surface area contributed by atoms with Crippen LogP contribution in [-0.4, -0.2) is 31.0 Å². The zero-order chi connectivity index (χ0) is 16.1. The lowest BCUT2D eigenvalue weighted by Crippen LogP contribution is -2.42. The van der Waals surface area contributed by atoms with Gasteiger partial charge in [-0.25, -0.2) is 0 Å². The predicted molar refractivity (Wildman–Crippen MR) is 86.4 cm³/mol. The Morgan fingerprint density at radius 1 is 1.41 bits per heavy atom. The summed E-state index contributed by atoms with van der Waals surface area (Å²) in [4.78, 5) is 25.7. The minimum Gasteiger partial charge on any atom is -0.487 e. The van der Waals surface area contributed by atoms with E-state index in [-0.39, 0.29) is 30.8 Å². The monoisotopic (exact) mass is 324 g/mol. The van der Waals surface area contributed by atoms with E-state index in [1.165, 1.54) is 0 Å². The van der Waals surface area contributed by atoms with Crippen LogP contribution >= 0.6 is 11.6 Å². The van der Waals surface area contributed by atoms with E-state index < -0.39 is 0 Å². The third kappa shape index (κ3) is 4.13. The standard InChI is InChI=1S/C16H21ClN2O3/c1-3-8-18-15(20)6-7-16(21)19-10-11(2)22-14-5-4-12(17)9-13(14)19/h4-5,9,11H,3,6-8,10H2,1-2H3,(H,18,20)/t11-/m0/s1. The summed E-state index contributed by atoms with van der Waals surface area (Å²) in [5.41, 5.74) is 0.671. The van der Waals surface area contributed by atoms with E-state index in [9.17, 15) is 9.59 Å². The van der Waals surface area contributed by atoms with Crippen LogP contribution in [0.4, 0.5) is 5.69 Å². The number of rotatable bonds is 5. The fraction of sp³-hybridized carbons (Fsp3) is 0.500. The van der Waals surface area contributed by atoms with Crippen LogP contribution < -0.4 is 15.0 Å². The molecule has 120 valence electrons. The molecule has 0 fully saturated rings. The van der Waals surface area contributed by atoms with Crippen LogP contribution in [-0.2, 0) is 9.59 Å². The summed E-state index contributed by atoms with van der Waals surface area (Å²) in [5, 5.41) is 3.32. The van der Waals surface area contributed by atoms with E-state index in [0.717, 1.165) is 6.42 Å². The van der Waals surface area contributed by atoms with E-state index in [4.69, 9.17) is 16.3 Å². The molecular formula is C16H21ClN2O3. The lowest BCUT2D eigenvalue weighted by atomic mass is 10.1. The predicted octanol–water partition coefficient (Wildman–Crippen LogP) is 2.76. The number of carbonyl (C=O) groups is 2. The van der Waals surface area contributed by atoms with Gasteiger partial charge in [-0.05, 0) is 31.5 Å². The number of carbonyl (C=O) groups excluding carboxylic acids is 2. The molecule has 0 unspecified atom stereocenters. The van der Waals surface area contributed by atoms with Gasteiger partial charge >= 0.3 is 0 Å². The number of nitrogens with one attached hydrogen (secondary N) is 1. The summed E-state index contributed by atoms with van der Waals surface area (Å²) >= 11 is 6.01. The molecular weight excluding hydrogens is 304 g/mol. The van der Waals surface area contributed by atoms with Crippen molar-refractivity contribution in [2.45, 2.75) is 39.2 Å². The molecule has 1 atom stereocenters. The normalized spacial score (nSPS) is 16.7. The first-order valence-corrected chi connectivity index (χ1v) is 7.92. The van der Waals surface area contributed by atoms with Gasteiger partial charge in [-0.3, -0.25) is 9.59 Å². The molecule has 0 spiro atoms. The van der Waals surface area contributed by atoms with Gasteiger partial charge in [0.05, 0.1) is 12.2 Å². The fourth-order valence-corrected chi connectivity index (χ4v) is 2.52. The maximum absolute atomic E-state index is 12.4. The van der Waals surface area contributed by atoms with Crippen molar-refractivity contribution in [1.82, 2.24) is 5.32 Å². The van der Waals surface area contributed by atoms with Crippen LogP contribution in [0.1, 0.15) is 33.1 Å². The van der Waals surface area contributed by atoms with Gasteiger partial charge in [0.25, 0.3) is 0 Å². The Labute approximate surface area is 135 Å². The van der Waals surface area contributed by atoms with Crippen molar-refractivity contribution in [2.75, 3.05) is 18.0 Å². The Morgan fingerprint density at radius 2 is 2.18 bits per heavy atom.